The lowest BCUT2D eigenvalue weighted by Gasteiger charge is -2.30. The van der Waals surface area contributed by atoms with Crippen LogP contribution in [0.2, 0.25) is 0 Å². The summed E-state index contributed by atoms with van der Waals surface area (Å²) in [6.07, 6.45) is 2.10. The van der Waals surface area contributed by atoms with E-state index in [2.05, 4.69) is 39.9 Å². The molecule has 1 aliphatic heterocycles. The van der Waals surface area contributed by atoms with Crippen LogP contribution in [0, 0.1) is 10.8 Å². The van der Waals surface area contributed by atoms with Crippen LogP contribution in [0.4, 0.5) is 5.69 Å². The van der Waals surface area contributed by atoms with E-state index in [1.807, 2.05) is 12.1 Å². The summed E-state index contributed by atoms with van der Waals surface area (Å²) in [7, 11) is 1.72. The molecule has 1 aromatic rings. The van der Waals surface area contributed by atoms with E-state index in [9.17, 15) is 0 Å². The first kappa shape index (κ1) is 23.8. The molecule has 0 bridgehead atoms. The van der Waals surface area contributed by atoms with E-state index in [1.165, 1.54) is 5.69 Å². The molecule has 0 spiro atoms. The van der Waals surface area contributed by atoms with E-state index in [0.717, 1.165) is 51.3 Å². The number of unbranched alkanes of at least 4 members (excludes halogenated alkanes) is 1. The molecule has 0 amide bonds. The lowest BCUT2D eigenvalue weighted by molar-refractivity contribution is 0.413. The minimum Gasteiger partial charge on any atom is -0.495 e. The van der Waals surface area contributed by atoms with Crippen LogP contribution in [0.5, 0.6) is 5.75 Å². The van der Waals surface area contributed by atoms with Crippen LogP contribution < -0.4 is 31.3 Å². The molecule has 26 heavy (non-hydrogen) atoms. The third-order valence-corrected chi connectivity index (χ3v) is 3.63. The number of hydrogen-bond donors (Lipinski definition) is 6. The number of para-hydroxylation sites is 2. The minimum absolute atomic E-state index is 0. The average Bonchev–Trinajstić information content (AvgIpc) is 2.62. The molecule has 7 N–H and O–H groups in total. The number of halogens is 1. The Morgan fingerprint density at radius 2 is 1.92 bits per heavy atom. The second-order valence-corrected chi connectivity index (χ2v) is 5.60. The van der Waals surface area contributed by atoms with Crippen molar-refractivity contribution in [3.05, 3.63) is 24.3 Å². The molecule has 1 aliphatic rings. The minimum atomic E-state index is -0.209. The van der Waals surface area contributed by atoms with Crippen molar-refractivity contribution in [3.8, 4) is 5.75 Å². The summed E-state index contributed by atoms with van der Waals surface area (Å²) >= 11 is 0. The quantitative estimate of drug-likeness (QED) is 0.258. The summed E-state index contributed by atoms with van der Waals surface area (Å²) in [5, 5.41) is 22.4. The molecule has 0 saturated carbocycles. The van der Waals surface area contributed by atoms with Crippen LogP contribution in [0.3, 0.4) is 0 Å². The van der Waals surface area contributed by atoms with Crippen molar-refractivity contribution >= 4 is 30.0 Å². The molecule has 1 heterocycles. The molecule has 0 atom stereocenters. The molecule has 0 radical (unpaired) electrons. The van der Waals surface area contributed by atoms with Crippen molar-refractivity contribution in [3.63, 3.8) is 0 Å². The van der Waals surface area contributed by atoms with Gasteiger partial charge in [-0.25, -0.2) is 0 Å². The first-order valence-electron chi connectivity index (χ1n) is 8.60. The molecule has 1 fully saturated rings. The molecular formula is C17H32ClN7O. The molecule has 9 heteroatoms. The fourth-order valence-corrected chi connectivity index (χ4v) is 2.37. The van der Waals surface area contributed by atoms with E-state index in [1.54, 1.807) is 7.11 Å². The lowest BCUT2D eigenvalue weighted by Crippen LogP contribution is -2.43. The van der Waals surface area contributed by atoms with Gasteiger partial charge >= 0.3 is 0 Å². The van der Waals surface area contributed by atoms with Gasteiger partial charge in [-0.3, -0.25) is 16.1 Å². The zero-order valence-corrected chi connectivity index (χ0v) is 16.4. The standard InChI is InChI=1S/C11H16N2O.C6H15N5.ClH/c1-14-11-5-3-2-4-10(11)13-8-6-12-7-9-13;1-2-3-4-10-6(9)11-5(7)8;/h2-5,12H,6-9H2,1H3;2-4H2,1H3,(H6,7,8,9,10,11);1H. The number of nitrogens with one attached hydrogen (secondary N) is 5. The Morgan fingerprint density at radius 1 is 1.27 bits per heavy atom. The smallest absolute Gasteiger partial charge is 0.195 e. The van der Waals surface area contributed by atoms with Gasteiger partial charge in [-0.05, 0) is 18.6 Å². The number of methoxy groups -OCH3 is 1. The highest BCUT2D eigenvalue weighted by molar-refractivity contribution is 5.94. The average molecular weight is 386 g/mol. The van der Waals surface area contributed by atoms with Crippen molar-refractivity contribution < 1.29 is 4.74 Å². The van der Waals surface area contributed by atoms with Crippen molar-refractivity contribution in [1.82, 2.24) is 16.0 Å². The second kappa shape index (κ2) is 14.0. The zero-order valence-electron chi connectivity index (χ0n) is 15.6. The number of nitrogens with two attached hydrogens (primary N) is 1. The summed E-state index contributed by atoms with van der Waals surface area (Å²) in [6, 6.07) is 8.19. The third kappa shape index (κ3) is 9.33. The van der Waals surface area contributed by atoms with Gasteiger partial charge in [0.25, 0.3) is 0 Å². The number of hydrogen-bond acceptors (Lipinski definition) is 5. The molecule has 1 saturated heterocycles. The number of anilines is 1. The Bertz CT molecular complexity index is 536. The van der Waals surface area contributed by atoms with Crippen LogP contribution in [0.25, 0.3) is 0 Å². The summed E-state index contributed by atoms with van der Waals surface area (Å²) in [4.78, 5) is 2.36. The highest BCUT2D eigenvalue weighted by Gasteiger charge is 2.13. The van der Waals surface area contributed by atoms with Crippen LogP contribution >= 0.6 is 12.4 Å². The van der Waals surface area contributed by atoms with E-state index in [-0.39, 0.29) is 24.3 Å². The molecule has 0 aromatic heterocycles. The van der Waals surface area contributed by atoms with E-state index in [0.29, 0.717) is 0 Å². The molecule has 2 rings (SSSR count). The van der Waals surface area contributed by atoms with Gasteiger partial charge < -0.3 is 26.0 Å². The maximum Gasteiger partial charge on any atom is 0.195 e. The van der Waals surface area contributed by atoms with Crippen LogP contribution in [-0.4, -0.2) is 51.8 Å². The highest BCUT2D eigenvalue weighted by atomic mass is 35.5. The van der Waals surface area contributed by atoms with Gasteiger partial charge in [-0.2, -0.15) is 0 Å². The Kier molecular flexibility index (Phi) is 12.8. The van der Waals surface area contributed by atoms with Crippen LogP contribution in [0.15, 0.2) is 24.3 Å². The maximum absolute atomic E-state index is 7.15. The predicted octanol–water partition coefficient (Wildman–Crippen LogP) is 1.32. The number of ether oxygens (including phenoxy) is 1. The maximum atomic E-state index is 7.15. The molecular weight excluding hydrogens is 354 g/mol. The van der Waals surface area contributed by atoms with Crippen LogP contribution in [-0.2, 0) is 0 Å². The van der Waals surface area contributed by atoms with Gasteiger partial charge in [0.05, 0.1) is 12.8 Å². The highest BCUT2D eigenvalue weighted by Crippen LogP contribution is 2.27. The van der Waals surface area contributed by atoms with Crippen molar-refractivity contribution in [2.75, 3.05) is 44.7 Å². The fraction of sp³-hybridized carbons (Fsp3) is 0.529. The fourth-order valence-electron chi connectivity index (χ4n) is 2.37. The Morgan fingerprint density at radius 3 is 2.50 bits per heavy atom. The van der Waals surface area contributed by atoms with Gasteiger partial charge in [-0.15, -0.1) is 12.4 Å². The van der Waals surface area contributed by atoms with E-state index in [4.69, 9.17) is 21.3 Å². The number of guanidine groups is 2. The monoisotopic (exact) mass is 385 g/mol. The van der Waals surface area contributed by atoms with E-state index < -0.39 is 0 Å². The van der Waals surface area contributed by atoms with Gasteiger partial charge in [-0.1, -0.05) is 25.5 Å². The molecule has 0 unspecified atom stereocenters. The van der Waals surface area contributed by atoms with Crippen molar-refractivity contribution in [2.45, 2.75) is 19.8 Å². The van der Waals surface area contributed by atoms with Gasteiger partial charge in [0.1, 0.15) is 5.75 Å². The van der Waals surface area contributed by atoms with Crippen molar-refractivity contribution in [1.29, 1.82) is 10.8 Å². The Labute approximate surface area is 162 Å². The summed E-state index contributed by atoms with van der Waals surface area (Å²) in [6.45, 7) is 7.04. The largest absolute Gasteiger partial charge is 0.495 e. The number of nitrogens with zero attached hydrogens (tertiary/aromatic N) is 1. The SMILES string of the molecule is CCCCNC(=N)NC(=N)N.COc1ccccc1N1CCNCC1.Cl. The summed E-state index contributed by atoms with van der Waals surface area (Å²) < 4.78 is 5.34. The van der Waals surface area contributed by atoms with Gasteiger partial charge in [0.2, 0.25) is 0 Å². The lowest BCUT2D eigenvalue weighted by atomic mass is 10.2. The number of benzene rings is 1. The number of piperazine rings is 1. The van der Waals surface area contributed by atoms with Crippen LogP contribution in [0.1, 0.15) is 19.8 Å². The first-order valence-corrected chi connectivity index (χ1v) is 8.60. The summed E-state index contributed by atoms with van der Waals surface area (Å²) in [5.41, 5.74) is 6.19. The third-order valence-electron chi connectivity index (χ3n) is 3.63. The van der Waals surface area contributed by atoms with E-state index >= 15 is 0 Å². The number of rotatable bonds is 5. The molecule has 0 aliphatic carbocycles. The Balaban J connectivity index is 0.000000479. The van der Waals surface area contributed by atoms with Crippen molar-refractivity contribution in [2.24, 2.45) is 5.73 Å². The second-order valence-electron chi connectivity index (χ2n) is 5.60. The first-order chi connectivity index (χ1) is 12.1. The predicted molar refractivity (Wildman–Crippen MR) is 111 cm³/mol. The van der Waals surface area contributed by atoms with Gasteiger partial charge in [0.15, 0.2) is 11.9 Å². The topological polar surface area (TPSA) is 122 Å². The molecule has 148 valence electrons. The summed E-state index contributed by atoms with van der Waals surface area (Å²) in [5.74, 6) is 0.847. The molecule has 1 aromatic carbocycles. The molecule has 8 nitrogen and oxygen atoms in total. The zero-order chi connectivity index (χ0) is 18.5. The Hall–Kier alpha value is -2.19. The normalized spacial score (nSPS) is 12.8. The van der Waals surface area contributed by atoms with Gasteiger partial charge in [0, 0.05) is 32.7 Å².